The highest BCUT2D eigenvalue weighted by Gasteiger charge is 2.20. The summed E-state index contributed by atoms with van der Waals surface area (Å²) in [6, 6.07) is 11.1. The predicted octanol–water partition coefficient (Wildman–Crippen LogP) is 14.3. The second-order valence-corrected chi connectivity index (χ2v) is 28.5. The minimum Gasteiger partial charge on any atom is -0.388 e. The summed E-state index contributed by atoms with van der Waals surface area (Å²) in [4.78, 5) is 89.0. The summed E-state index contributed by atoms with van der Waals surface area (Å²) in [5.41, 5.74) is 2.24. The molecule has 0 bridgehead atoms. The van der Waals surface area contributed by atoms with Gasteiger partial charge < -0.3 is 47.4 Å². The first-order chi connectivity index (χ1) is 42.1. The molecule has 0 radical (unpaired) electrons. The minimum atomic E-state index is -0.0959. The molecule has 3 aliphatic carbocycles. The van der Waals surface area contributed by atoms with Gasteiger partial charge >= 0.3 is 0 Å². The second kappa shape index (κ2) is 58.1. The van der Waals surface area contributed by atoms with Crippen LogP contribution in [0.1, 0.15) is 269 Å². The first kappa shape index (κ1) is 97.6. The van der Waals surface area contributed by atoms with Crippen LogP contribution in [0.4, 0.5) is 0 Å². The zero-order valence-corrected chi connectivity index (χ0v) is 63.3. The van der Waals surface area contributed by atoms with E-state index in [4.69, 9.17) is 0 Å². The molecular weight excluding hydrogens is 1150 g/mol. The molecule has 0 heterocycles. The van der Waals surface area contributed by atoms with Crippen LogP contribution < -0.4 is 42.5 Å². The van der Waals surface area contributed by atoms with E-state index in [0.717, 1.165) is 24.6 Å². The summed E-state index contributed by atoms with van der Waals surface area (Å²) in [5.74, 6) is 3.54. The van der Waals surface area contributed by atoms with Crippen LogP contribution in [-0.2, 0) is 44.9 Å². The lowest BCUT2D eigenvalue weighted by Gasteiger charge is -2.23. The van der Waals surface area contributed by atoms with Crippen molar-refractivity contribution in [3.8, 4) is 0 Å². The zero-order chi connectivity index (χ0) is 71.6. The van der Waals surface area contributed by atoms with Gasteiger partial charge in [-0.1, -0.05) is 220 Å². The van der Waals surface area contributed by atoms with Gasteiger partial charge in [-0.05, 0) is 97.5 Å². The number of hydrogen-bond donors (Lipinski definition) is 8. The Balaban J connectivity index is -0.000000228. The lowest BCUT2D eigenvalue weighted by molar-refractivity contribution is -0.132. The van der Waals surface area contributed by atoms with Crippen LogP contribution in [0.5, 0.6) is 0 Å². The highest BCUT2D eigenvalue weighted by Crippen LogP contribution is 2.23. The Bertz CT molecular complexity index is 2050. The van der Waals surface area contributed by atoms with Gasteiger partial charge in [0.25, 0.3) is 0 Å². The minimum absolute atomic E-state index is 0. The molecule has 0 atom stereocenters. The molecule has 3 saturated carbocycles. The molecular formula is C75H147N9O8. The predicted molar refractivity (Wildman–Crippen MR) is 390 cm³/mol. The van der Waals surface area contributed by atoms with Gasteiger partial charge in [0.05, 0.1) is 0 Å². The van der Waals surface area contributed by atoms with Crippen molar-refractivity contribution in [1.82, 2.24) is 47.4 Å². The fourth-order valence-corrected chi connectivity index (χ4v) is 8.06. The number of nitrogens with zero attached hydrogens (tertiary/aromatic N) is 1. The van der Waals surface area contributed by atoms with E-state index in [0.29, 0.717) is 24.5 Å². The highest BCUT2D eigenvalue weighted by molar-refractivity contribution is 5.80. The largest absolute Gasteiger partial charge is 0.388 e. The van der Waals surface area contributed by atoms with Gasteiger partial charge in [0, 0.05) is 117 Å². The molecule has 3 fully saturated rings. The normalized spacial score (nSPS) is 13.6. The Morgan fingerprint density at radius 3 is 1.08 bits per heavy atom. The molecule has 0 spiro atoms. The maximum absolute atomic E-state index is 11.3. The average molecular weight is 1300 g/mol. The fourth-order valence-electron chi connectivity index (χ4n) is 8.06. The summed E-state index contributed by atoms with van der Waals surface area (Å²) < 4.78 is 0. The van der Waals surface area contributed by atoms with Crippen molar-refractivity contribution < 1.29 is 38.4 Å². The van der Waals surface area contributed by atoms with E-state index in [2.05, 4.69) is 63.0 Å². The van der Waals surface area contributed by atoms with Gasteiger partial charge in [-0.25, -0.2) is 0 Å². The smallest absolute Gasteiger partial charge is 0.224 e. The van der Waals surface area contributed by atoms with Crippen LogP contribution in [-0.4, -0.2) is 110 Å². The Morgan fingerprint density at radius 1 is 0.467 bits per heavy atom. The van der Waals surface area contributed by atoms with Crippen LogP contribution in [0.2, 0.25) is 0 Å². The Morgan fingerprint density at radius 2 is 0.826 bits per heavy atom. The number of hydrogen-bond acceptors (Lipinski definition) is 9. The molecule has 1 aromatic carbocycles. The van der Waals surface area contributed by atoms with Crippen molar-refractivity contribution in [2.24, 2.45) is 59.2 Å². The lowest BCUT2D eigenvalue weighted by atomic mass is 9.89. The van der Waals surface area contributed by atoms with E-state index in [9.17, 15) is 38.4 Å². The van der Waals surface area contributed by atoms with E-state index in [1.807, 2.05) is 183 Å². The quantitative estimate of drug-likeness (QED) is 0.0697. The Kier molecular flexibility index (Phi) is 61.7. The number of amides is 8. The Labute approximate surface area is 565 Å². The second-order valence-electron chi connectivity index (χ2n) is 28.5. The van der Waals surface area contributed by atoms with E-state index in [-0.39, 0.29) is 114 Å². The van der Waals surface area contributed by atoms with Gasteiger partial charge in [0.2, 0.25) is 47.3 Å². The van der Waals surface area contributed by atoms with Crippen molar-refractivity contribution >= 4 is 47.3 Å². The van der Waals surface area contributed by atoms with Gasteiger partial charge in [-0.2, -0.15) is 0 Å². The van der Waals surface area contributed by atoms with E-state index in [1.165, 1.54) is 95.6 Å². The maximum atomic E-state index is 11.3. The molecule has 4 rings (SSSR count). The molecule has 17 heteroatoms. The molecule has 1 aromatic rings. The summed E-state index contributed by atoms with van der Waals surface area (Å²) in [5, 5.41) is 23.3. The van der Waals surface area contributed by atoms with Gasteiger partial charge in [0.1, 0.15) is 0 Å². The number of nitrogens with one attached hydrogen (secondary N) is 8. The molecule has 0 aromatic heterocycles. The Hall–Kier alpha value is -5.48. The fraction of sp³-hybridized carbons (Fsp3) is 0.787. The number of carbonyl (C=O) groups excluding carboxylic acids is 8. The molecule has 8 N–H and O–H groups in total. The summed E-state index contributed by atoms with van der Waals surface area (Å²) in [7, 11) is 5.17. The molecule has 92 heavy (non-hydrogen) atoms. The lowest BCUT2D eigenvalue weighted by Crippen LogP contribution is -2.42. The van der Waals surface area contributed by atoms with E-state index >= 15 is 0 Å². The van der Waals surface area contributed by atoms with Crippen molar-refractivity contribution in [1.29, 1.82) is 0 Å². The number of rotatable bonds is 18. The van der Waals surface area contributed by atoms with Crippen molar-refractivity contribution in [2.45, 2.75) is 294 Å². The third-order valence-electron chi connectivity index (χ3n) is 14.1. The van der Waals surface area contributed by atoms with Crippen LogP contribution in [0.25, 0.3) is 0 Å². The first-order valence-corrected chi connectivity index (χ1v) is 34.8. The van der Waals surface area contributed by atoms with Crippen molar-refractivity contribution in [3.63, 3.8) is 0 Å². The topological polar surface area (TPSA) is 236 Å². The van der Waals surface area contributed by atoms with Gasteiger partial charge in [-0.15, -0.1) is 0 Å². The standard InChI is InChI=1S/C12H23N.C11H15NO.C10H19NO.C9H17NO.C8H17NO.C7H15NO.2C6H13NO.C5H11NO.CH4/c1-10(2)11(3)13-9-12-7-5-4-6-8-12;1-9(2)11(13)12-8-10-6-4-3-5-7-10;1-8(2)10(12)11-9-6-4-3-5-7-9;1-7(2)9(11)10-8-5-3-4-6-8;1-6(2)7(10)9-8(3,4)5;1-5(2)7(9)8-6(3)4;1-5(2)6(8)7(3)4;1-4-7-6(8)5(2)3;1-4(2)5(7)6-3;/h10,12-13H,3-9H2,1-2H3;3-7,9H,8H2,1-2H3,(H,12,13);8-9H,3-7H2,1-2H3,(H,11,12);7-8H,3-6H2,1-2H3,(H,10,11);6H,1-5H3,(H,9,10);5-6H,1-4H3,(H,8,9);5H,1-4H3;5H,4H2,1-3H3,(H,7,8);4H,1-3H3,(H,6,7);1H4. The van der Waals surface area contributed by atoms with Crippen LogP contribution in [0, 0.1) is 59.2 Å². The maximum Gasteiger partial charge on any atom is 0.224 e. The third kappa shape index (κ3) is 62.0. The van der Waals surface area contributed by atoms with E-state index < -0.39 is 0 Å². The first-order valence-electron chi connectivity index (χ1n) is 34.8. The monoisotopic (exact) mass is 1300 g/mol. The van der Waals surface area contributed by atoms with Gasteiger partial charge in [0.15, 0.2) is 0 Å². The molecule has 3 aliphatic rings. The third-order valence-corrected chi connectivity index (χ3v) is 14.1. The zero-order valence-electron chi connectivity index (χ0n) is 63.3. The number of allylic oxidation sites excluding steroid dienone is 1. The van der Waals surface area contributed by atoms with E-state index in [1.54, 1.807) is 26.0 Å². The summed E-state index contributed by atoms with van der Waals surface area (Å²) in [6.45, 7) is 53.0. The number of carbonyl (C=O) groups is 8. The SMILES string of the molecule is C.C=C(NCC1CCCCC1)C(C)C.CC(C)C(=O)N(C)C.CC(C)C(=O)NC(C)(C)C.CC(C)C(=O)NC1CCCC1.CC(C)C(=O)NC1CCCCC1.CC(C)C(=O)NCc1ccccc1.CC(C)NC(=O)C(C)C.CCNC(=O)C(C)C.CNC(=O)C(C)C. The average Bonchev–Trinajstić information content (AvgIpc) is 3.68. The van der Waals surface area contributed by atoms with Crippen molar-refractivity contribution in [2.75, 3.05) is 34.2 Å². The molecule has 0 aliphatic heterocycles. The van der Waals surface area contributed by atoms with Crippen LogP contribution in [0.15, 0.2) is 42.6 Å². The summed E-state index contributed by atoms with van der Waals surface area (Å²) >= 11 is 0. The van der Waals surface area contributed by atoms with Crippen molar-refractivity contribution in [3.05, 3.63) is 48.2 Å². The molecule has 0 unspecified atom stereocenters. The van der Waals surface area contributed by atoms with Gasteiger partial charge in [-0.3, -0.25) is 38.4 Å². The molecule has 17 nitrogen and oxygen atoms in total. The molecule has 0 saturated heterocycles. The molecule has 8 amide bonds. The van der Waals surface area contributed by atoms with Crippen LogP contribution in [0.3, 0.4) is 0 Å². The van der Waals surface area contributed by atoms with Crippen LogP contribution >= 0.6 is 0 Å². The summed E-state index contributed by atoms with van der Waals surface area (Å²) in [6.07, 6.45) is 18.3. The number of benzene rings is 1. The highest BCUT2D eigenvalue weighted by atomic mass is 16.2. The molecule has 540 valence electrons.